The largest absolute Gasteiger partial charge is 0.497 e. The van der Waals surface area contributed by atoms with E-state index in [-0.39, 0.29) is 17.6 Å². The highest BCUT2D eigenvalue weighted by molar-refractivity contribution is 7.99. The van der Waals surface area contributed by atoms with Gasteiger partial charge in [0.2, 0.25) is 17.8 Å². The molecule has 9 nitrogen and oxygen atoms in total. The molecule has 162 valence electrons. The second-order valence-corrected chi connectivity index (χ2v) is 7.37. The van der Waals surface area contributed by atoms with E-state index in [0.29, 0.717) is 35.5 Å². The zero-order valence-electron chi connectivity index (χ0n) is 17.3. The van der Waals surface area contributed by atoms with Crippen LogP contribution in [0.2, 0.25) is 0 Å². The van der Waals surface area contributed by atoms with Crippen molar-refractivity contribution in [2.75, 3.05) is 31.0 Å². The van der Waals surface area contributed by atoms with Crippen molar-refractivity contribution in [1.29, 1.82) is 0 Å². The molecule has 0 saturated carbocycles. The van der Waals surface area contributed by atoms with Gasteiger partial charge in [0.15, 0.2) is 0 Å². The van der Waals surface area contributed by atoms with Crippen LogP contribution in [-0.4, -0.2) is 40.8 Å². The molecule has 0 aliphatic carbocycles. The fraction of sp³-hybridized carbons (Fsp3) is 0.238. The molecular weight excluding hydrogens is 416 g/mol. The Morgan fingerprint density at radius 2 is 1.90 bits per heavy atom. The summed E-state index contributed by atoms with van der Waals surface area (Å²) >= 11 is 1.39. The molecule has 2 aromatic carbocycles. The molecule has 31 heavy (non-hydrogen) atoms. The third-order valence-electron chi connectivity index (χ3n) is 4.14. The van der Waals surface area contributed by atoms with Crippen molar-refractivity contribution < 1.29 is 14.3 Å². The first-order valence-electron chi connectivity index (χ1n) is 9.45. The number of nitrogens with one attached hydrogen (secondary N) is 2. The average molecular weight is 441 g/mol. The molecule has 10 heteroatoms. The van der Waals surface area contributed by atoms with Crippen LogP contribution in [0.5, 0.6) is 11.5 Å². The molecule has 0 aliphatic rings. The van der Waals surface area contributed by atoms with Gasteiger partial charge in [0.25, 0.3) is 0 Å². The third kappa shape index (κ3) is 6.75. The lowest BCUT2D eigenvalue weighted by atomic mass is 10.2. The van der Waals surface area contributed by atoms with Crippen LogP contribution < -0.4 is 25.8 Å². The highest BCUT2D eigenvalue weighted by Crippen LogP contribution is 2.25. The topological polar surface area (TPSA) is 124 Å². The Morgan fingerprint density at radius 1 is 1.06 bits per heavy atom. The van der Waals surface area contributed by atoms with Crippen molar-refractivity contribution in [3.05, 3.63) is 59.9 Å². The number of anilines is 3. The van der Waals surface area contributed by atoms with Crippen molar-refractivity contribution in [2.45, 2.75) is 12.3 Å². The van der Waals surface area contributed by atoms with Crippen LogP contribution in [0.15, 0.2) is 48.5 Å². The normalized spacial score (nSPS) is 10.4. The van der Waals surface area contributed by atoms with E-state index in [1.807, 2.05) is 48.5 Å². The van der Waals surface area contributed by atoms with Crippen LogP contribution in [0.1, 0.15) is 11.4 Å². The standard InChI is InChI=1S/C21H24N6O3S/c1-29-15-7-5-6-14(10-15)11-23-19(28)13-31-12-18-25-20(22)27-21(26-18)24-16-8-3-4-9-17(16)30-2/h3-10H,11-13H2,1-2H3,(H,23,28)(H3,22,24,25,26,27). The van der Waals surface area contributed by atoms with Gasteiger partial charge in [-0.15, -0.1) is 11.8 Å². The summed E-state index contributed by atoms with van der Waals surface area (Å²) in [5.41, 5.74) is 7.50. The van der Waals surface area contributed by atoms with Crippen LogP contribution in [0.25, 0.3) is 0 Å². The Hall–Kier alpha value is -3.53. The van der Waals surface area contributed by atoms with Gasteiger partial charge in [-0.25, -0.2) is 0 Å². The lowest BCUT2D eigenvalue weighted by Crippen LogP contribution is -2.24. The number of nitrogens with two attached hydrogens (primary N) is 1. The summed E-state index contributed by atoms with van der Waals surface area (Å²) in [6.07, 6.45) is 0. The zero-order chi connectivity index (χ0) is 22.1. The molecule has 1 aromatic heterocycles. The smallest absolute Gasteiger partial charge is 0.232 e. The van der Waals surface area contributed by atoms with E-state index in [4.69, 9.17) is 15.2 Å². The summed E-state index contributed by atoms with van der Waals surface area (Å²) in [4.78, 5) is 24.8. The van der Waals surface area contributed by atoms with Gasteiger partial charge in [-0.1, -0.05) is 24.3 Å². The van der Waals surface area contributed by atoms with E-state index in [1.165, 1.54) is 11.8 Å². The van der Waals surface area contributed by atoms with E-state index in [2.05, 4.69) is 25.6 Å². The predicted molar refractivity (Wildman–Crippen MR) is 122 cm³/mol. The fourth-order valence-electron chi connectivity index (χ4n) is 2.70. The number of nitrogens with zero attached hydrogens (tertiary/aromatic N) is 3. The van der Waals surface area contributed by atoms with Gasteiger partial charge in [0.1, 0.15) is 17.3 Å². The maximum atomic E-state index is 12.1. The van der Waals surface area contributed by atoms with E-state index in [0.717, 1.165) is 11.3 Å². The number of carbonyl (C=O) groups excluding carboxylic acids is 1. The monoisotopic (exact) mass is 440 g/mol. The summed E-state index contributed by atoms with van der Waals surface area (Å²) in [6.45, 7) is 0.433. The van der Waals surface area contributed by atoms with Crippen LogP contribution in [0.4, 0.5) is 17.6 Å². The first-order chi connectivity index (χ1) is 15.1. The fourth-order valence-corrected chi connectivity index (χ4v) is 3.40. The number of aromatic nitrogens is 3. The van der Waals surface area contributed by atoms with Gasteiger partial charge < -0.3 is 25.8 Å². The summed E-state index contributed by atoms with van der Waals surface area (Å²) < 4.78 is 10.5. The van der Waals surface area contributed by atoms with E-state index >= 15 is 0 Å². The van der Waals surface area contributed by atoms with E-state index in [9.17, 15) is 4.79 Å². The van der Waals surface area contributed by atoms with Crippen molar-refractivity contribution in [3.63, 3.8) is 0 Å². The third-order valence-corrected chi connectivity index (χ3v) is 5.07. The van der Waals surface area contributed by atoms with E-state index in [1.54, 1.807) is 14.2 Å². The molecule has 0 radical (unpaired) electrons. The Balaban J connectivity index is 1.51. The summed E-state index contributed by atoms with van der Waals surface area (Å²) in [7, 11) is 3.20. The van der Waals surface area contributed by atoms with Crippen molar-refractivity contribution in [3.8, 4) is 11.5 Å². The molecule has 3 aromatic rings. The number of hydrogen-bond acceptors (Lipinski definition) is 9. The number of amides is 1. The Morgan fingerprint density at radius 3 is 2.71 bits per heavy atom. The SMILES string of the molecule is COc1cccc(CNC(=O)CSCc2nc(N)nc(Nc3ccccc3OC)n2)c1. The maximum absolute atomic E-state index is 12.1. The number of rotatable bonds is 10. The molecule has 0 saturated heterocycles. The van der Waals surface area contributed by atoms with Crippen LogP contribution >= 0.6 is 11.8 Å². The second-order valence-electron chi connectivity index (χ2n) is 6.38. The van der Waals surface area contributed by atoms with Crippen molar-refractivity contribution in [2.24, 2.45) is 0 Å². The molecule has 0 atom stereocenters. The van der Waals surface area contributed by atoms with Crippen LogP contribution in [0.3, 0.4) is 0 Å². The van der Waals surface area contributed by atoms with Crippen molar-refractivity contribution >= 4 is 35.3 Å². The number of methoxy groups -OCH3 is 2. The molecule has 0 fully saturated rings. The number of para-hydroxylation sites is 2. The van der Waals surface area contributed by atoms with Crippen molar-refractivity contribution in [1.82, 2.24) is 20.3 Å². The Bertz CT molecular complexity index is 1030. The second kappa shape index (κ2) is 11.0. The predicted octanol–water partition coefficient (Wildman–Crippen LogP) is 2.76. The molecule has 1 amide bonds. The van der Waals surface area contributed by atoms with Crippen LogP contribution in [0, 0.1) is 0 Å². The van der Waals surface area contributed by atoms with Gasteiger partial charge in [0, 0.05) is 6.54 Å². The highest BCUT2D eigenvalue weighted by atomic mass is 32.2. The number of ether oxygens (including phenoxy) is 2. The van der Waals surface area contributed by atoms with Gasteiger partial charge in [-0.05, 0) is 29.8 Å². The molecular formula is C21H24N6O3S. The van der Waals surface area contributed by atoms with Gasteiger partial charge in [-0.3, -0.25) is 4.79 Å². The number of carbonyl (C=O) groups is 1. The Labute approximate surface area is 184 Å². The Kier molecular flexibility index (Phi) is 7.88. The number of hydrogen-bond donors (Lipinski definition) is 3. The first kappa shape index (κ1) is 22.2. The molecule has 0 unspecified atom stereocenters. The molecule has 0 aliphatic heterocycles. The molecule has 0 spiro atoms. The number of thioether (sulfide) groups is 1. The molecule has 1 heterocycles. The summed E-state index contributed by atoms with van der Waals surface area (Å²) in [6, 6.07) is 15.0. The number of benzene rings is 2. The van der Waals surface area contributed by atoms with Gasteiger partial charge in [-0.2, -0.15) is 15.0 Å². The maximum Gasteiger partial charge on any atom is 0.232 e. The minimum absolute atomic E-state index is 0.0813. The van der Waals surface area contributed by atoms with E-state index < -0.39 is 0 Å². The minimum atomic E-state index is -0.0813. The van der Waals surface area contributed by atoms with Gasteiger partial charge >= 0.3 is 0 Å². The zero-order valence-corrected chi connectivity index (χ0v) is 18.1. The number of nitrogen functional groups attached to an aromatic ring is 1. The summed E-state index contributed by atoms with van der Waals surface area (Å²) in [5, 5.41) is 5.97. The van der Waals surface area contributed by atoms with Gasteiger partial charge in [0.05, 0.1) is 31.4 Å². The molecule has 4 N–H and O–H groups in total. The summed E-state index contributed by atoms with van der Waals surface area (Å²) in [5.74, 6) is 2.92. The lowest BCUT2D eigenvalue weighted by molar-refractivity contribution is -0.118. The molecule has 0 bridgehead atoms. The highest BCUT2D eigenvalue weighted by Gasteiger charge is 2.09. The minimum Gasteiger partial charge on any atom is -0.497 e. The first-order valence-corrected chi connectivity index (χ1v) is 10.6. The quantitative estimate of drug-likeness (QED) is 0.436. The average Bonchev–Trinajstić information content (AvgIpc) is 2.78. The van der Waals surface area contributed by atoms with Crippen LogP contribution in [-0.2, 0) is 17.1 Å². The lowest BCUT2D eigenvalue weighted by Gasteiger charge is -2.10. The molecule has 3 rings (SSSR count).